The minimum absolute atomic E-state index is 0.174. The van der Waals surface area contributed by atoms with Crippen molar-refractivity contribution in [3.8, 4) is 0 Å². The van der Waals surface area contributed by atoms with Crippen molar-refractivity contribution in [2.24, 2.45) is 0 Å². The zero-order chi connectivity index (χ0) is 22.7. The fourth-order valence-electron chi connectivity index (χ4n) is 3.87. The number of nitrogens with zero attached hydrogens (tertiary/aromatic N) is 2. The third-order valence-corrected chi connectivity index (χ3v) is 5.79. The Morgan fingerprint density at radius 1 is 1.00 bits per heavy atom. The van der Waals surface area contributed by atoms with E-state index in [4.69, 9.17) is 27.9 Å². The molecule has 0 radical (unpaired) electrons. The van der Waals surface area contributed by atoms with Crippen molar-refractivity contribution in [3.63, 3.8) is 0 Å². The summed E-state index contributed by atoms with van der Waals surface area (Å²) in [5, 5.41) is 0.799. The Hall–Kier alpha value is -2.51. The Morgan fingerprint density at radius 2 is 1.55 bits per heavy atom. The molecule has 0 aliphatic carbocycles. The summed E-state index contributed by atoms with van der Waals surface area (Å²) in [5.41, 5.74) is 2.57. The number of methoxy groups -OCH3 is 1. The fraction of sp³-hybridized carbons (Fsp3) is 0.409. The molecule has 1 fully saturated rings. The molecule has 7 nitrogen and oxygen atoms in total. The normalized spacial score (nSPS) is 14.0. The lowest BCUT2D eigenvalue weighted by Gasteiger charge is -2.35. The third-order valence-electron chi connectivity index (χ3n) is 5.36. The maximum Gasteiger partial charge on any atom is 0.339 e. The summed E-state index contributed by atoms with van der Waals surface area (Å²) in [6, 6.07) is 4.74. The highest BCUT2D eigenvalue weighted by Crippen LogP contribution is 2.24. The zero-order valence-electron chi connectivity index (χ0n) is 17.8. The average Bonchev–Trinajstić information content (AvgIpc) is 3.07. The van der Waals surface area contributed by atoms with E-state index in [0.717, 1.165) is 6.42 Å². The maximum atomic E-state index is 13.2. The van der Waals surface area contributed by atoms with Crippen molar-refractivity contribution in [1.82, 2.24) is 14.8 Å². The number of aromatic amines is 1. The van der Waals surface area contributed by atoms with E-state index in [0.29, 0.717) is 70.7 Å². The number of amides is 2. The van der Waals surface area contributed by atoms with Gasteiger partial charge in [-0.3, -0.25) is 9.59 Å². The third kappa shape index (κ3) is 4.88. The summed E-state index contributed by atoms with van der Waals surface area (Å²) in [6.45, 7) is 5.30. The minimum Gasteiger partial charge on any atom is -0.465 e. The number of aryl methyl sites for hydroxylation is 1. The SMILES string of the molecule is CCCc1c(C(=O)N2CCN(C(=O)c3cc(Cl)cc(Cl)c3)CC2)[nH]c(C)c1C(=O)OC. The summed E-state index contributed by atoms with van der Waals surface area (Å²) < 4.78 is 4.90. The van der Waals surface area contributed by atoms with E-state index in [2.05, 4.69) is 4.98 Å². The Labute approximate surface area is 191 Å². The average molecular weight is 466 g/mol. The molecule has 0 atom stereocenters. The van der Waals surface area contributed by atoms with Gasteiger partial charge in [0.05, 0.1) is 12.7 Å². The van der Waals surface area contributed by atoms with Gasteiger partial charge in [-0.25, -0.2) is 4.79 Å². The van der Waals surface area contributed by atoms with Crippen molar-refractivity contribution in [1.29, 1.82) is 0 Å². The van der Waals surface area contributed by atoms with Crippen LogP contribution in [0.3, 0.4) is 0 Å². The second kappa shape index (κ2) is 9.75. The van der Waals surface area contributed by atoms with Crippen molar-refractivity contribution in [3.05, 3.63) is 56.3 Å². The number of piperazine rings is 1. The molecule has 0 spiro atoms. The monoisotopic (exact) mass is 465 g/mol. The molecule has 2 heterocycles. The number of ether oxygens (including phenoxy) is 1. The van der Waals surface area contributed by atoms with Crippen LogP contribution in [0, 0.1) is 6.92 Å². The van der Waals surface area contributed by atoms with Crippen molar-refractivity contribution < 1.29 is 19.1 Å². The summed E-state index contributed by atoms with van der Waals surface area (Å²) in [7, 11) is 1.33. The van der Waals surface area contributed by atoms with Gasteiger partial charge in [-0.15, -0.1) is 0 Å². The van der Waals surface area contributed by atoms with Crippen LogP contribution in [-0.2, 0) is 11.2 Å². The zero-order valence-corrected chi connectivity index (χ0v) is 19.3. The first-order valence-electron chi connectivity index (χ1n) is 10.1. The highest BCUT2D eigenvalue weighted by molar-refractivity contribution is 6.35. The van der Waals surface area contributed by atoms with Gasteiger partial charge in [-0.2, -0.15) is 0 Å². The van der Waals surface area contributed by atoms with Gasteiger partial charge < -0.3 is 19.5 Å². The predicted molar refractivity (Wildman–Crippen MR) is 119 cm³/mol. The largest absolute Gasteiger partial charge is 0.465 e. The number of carbonyl (C=O) groups excluding carboxylic acids is 3. The predicted octanol–water partition coefficient (Wildman–Crippen LogP) is 3.97. The van der Waals surface area contributed by atoms with Crippen LogP contribution >= 0.6 is 23.2 Å². The molecule has 1 aromatic carbocycles. The van der Waals surface area contributed by atoms with Gasteiger partial charge in [0.2, 0.25) is 0 Å². The van der Waals surface area contributed by atoms with Crippen LogP contribution in [0.5, 0.6) is 0 Å². The van der Waals surface area contributed by atoms with Gasteiger partial charge in [-0.05, 0) is 37.1 Å². The molecule has 1 aliphatic heterocycles. The lowest BCUT2D eigenvalue weighted by molar-refractivity contribution is 0.0531. The molecule has 166 valence electrons. The Kier molecular flexibility index (Phi) is 7.28. The molecule has 0 bridgehead atoms. The van der Waals surface area contributed by atoms with Crippen LogP contribution in [0.1, 0.15) is 55.8 Å². The molecule has 1 saturated heterocycles. The number of carbonyl (C=O) groups is 3. The quantitative estimate of drug-likeness (QED) is 0.677. The molecule has 2 aromatic rings. The van der Waals surface area contributed by atoms with Gasteiger partial charge in [0.25, 0.3) is 11.8 Å². The molecule has 0 saturated carbocycles. The summed E-state index contributed by atoms with van der Waals surface area (Å²) in [4.78, 5) is 44.7. The lowest BCUT2D eigenvalue weighted by atomic mass is 10.0. The summed E-state index contributed by atoms with van der Waals surface area (Å²) in [6.07, 6.45) is 1.37. The molecule has 31 heavy (non-hydrogen) atoms. The first-order valence-corrected chi connectivity index (χ1v) is 10.9. The Morgan fingerprint density at radius 3 is 2.06 bits per heavy atom. The molecule has 1 aromatic heterocycles. The molecule has 1 aliphatic rings. The van der Waals surface area contributed by atoms with Gasteiger partial charge in [0.15, 0.2) is 0 Å². The van der Waals surface area contributed by atoms with E-state index in [1.165, 1.54) is 7.11 Å². The maximum absolute atomic E-state index is 13.2. The van der Waals surface area contributed by atoms with Crippen LogP contribution < -0.4 is 0 Å². The van der Waals surface area contributed by atoms with E-state index in [9.17, 15) is 14.4 Å². The number of esters is 1. The second-order valence-electron chi connectivity index (χ2n) is 7.46. The van der Waals surface area contributed by atoms with Crippen molar-refractivity contribution in [2.75, 3.05) is 33.3 Å². The molecular weight excluding hydrogens is 441 g/mol. The molecule has 9 heteroatoms. The van der Waals surface area contributed by atoms with Crippen molar-refractivity contribution >= 4 is 41.0 Å². The molecule has 2 amide bonds. The van der Waals surface area contributed by atoms with Crippen LogP contribution in [0.15, 0.2) is 18.2 Å². The van der Waals surface area contributed by atoms with Gasteiger partial charge in [0.1, 0.15) is 5.69 Å². The molecular formula is C22H25Cl2N3O4. The highest BCUT2D eigenvalue weighted by atomic mass is 35.5. The van der Waals surface area contributed by atoms with Crippen molar-refractivity contribution in [2.45, 2.75) is 26.7 Å². The summed E-state index contributed by atoms with van der Waals surface area (Å²) >= 11 is 12.0. The van der Waals surface area contributed by atoms with Crippen LogP contribution in [0.4, 0.5) is 0 Å². The first kappa shape index (κ1) is 23.2. The fourth-order valence-corrected chi connectivity index (χ4v) is 4.39. The van der Waals surface area contributed by atoms with E-state index >= 15 is 0 Å². The van der Waals surface area contributed by atoms with E-state index < -0.39 is 5.97 Å². The molecule has 0 unspecified atom stereocenters. The number of rotatable bonds is 5. The number of H-pyrrole nitrogens is 1. The highest BCUT2D eigenvalue weighted by Gasteiger charge is 2.30. The Balaban J connectivity index is 1.74. The van der Waals surface area contributed by atoms with Crippen LogP contribution in [0.2, 0.25) is 10.0 Å². The number of nitrogens with one attached hydrogen (secondary N) is 1. The number of aromatic nitrogens is 1. The van der Waals surface area contributed by atoms with E-state index in [1.807, 2.05) is 6.92 Å². The van der Waals surface area contributed by atoms with Gasteiger partial charge in [-0.1, -0.05) is 36.5 Å². The lowest BCUT2D eigenvalue weighted by Crippen LogP contribution is -2.50. The summed E-state index contributed by atoms with van der Waals surface area (Å²) in [5.74, 6) is -0.807. The van der Waals surface area contributed by atoms with Gasteiger partial charge in [0, 0.05) is 47.5 Å². The van der Waals surface area contributed by atoms with Gasteiger partial charge >= 0.3 is 5.97 Å². The Bertz CT molecular complexity index is 990. The number of halogens is 2. The van der Waals surface area contributed by atoms with Crippen LogP contribution in [0.25, 0.3) is 0 Å². The van der Waals surface area contributed by atoms with E-state index in [1.54, 1.807) is 34.9 Å². The number of benzene rings is 1. The molecule has 1 N–H and O–H groups in total. The number of hydrogen-bond acceptors (Lipinski definition) is 4. The van der Waals surface area contributed by atoms with Crippen LogP contribution in [-0.4, -0.2) is 65.9 Å². The smallest absolute Gasteiger partial charge is 0.339 e. The topological polar surface area (TPSA) is 82.7 Å². The second-order valence-corrected chi connectivity index (χ2v) is 8.34. The standard InChI is InChI=1S/C22H25Cl2N3O4/c1-4-5-17-18(22(30)31-3)13(2)25-19(17)21(29)27-8-6-26(7-9-27)20(28)14-10-15(23)12-16(24)11-14/h10-12,25H,4-9H2,1-3H3. The van der Waals surface area contributed by atoms with E-state index in [-0.39, 0.29) is 11.8 Å². The minimum atomic E-state index is -0.452. The first-order chi connectivity index (χ1) is 14.8. The molecule has 3 rings (SSSR count). The number of hydrogen-bond donors (Lipinski definition) is 1.